The predicted molar refractivity (Wildman–Crippen MR) is 135 cm³/mol. The summed E-state index contributed by atoms with van der Waals surface area (Å²) < 4.78 is 29.6. The largest absolute Gasteiger partial charge is 0.444 e. The molecule has 1 aliphatic heterocycles. The number of fused-ring (bicyclic) bond motifs is 1. The molecule has 0 radical (unpaired) electrons. The van der Waals surface area contributed by atoms with Gasteiger partial charge in [-0.25, -0.2) is 18.2 Å². The second-order valence-electron chi connectivity index (χ2n) is 10.0. The molecule has 2 N–H and O–H groups in total. The number of aromatic nitrogens is 5. The van der Waals surface area contributed by atoms with E-state index in [1.807, 2.05) is 45.0 Å². The zero-order valence-electron chi connectivity index (χ0n) is 20.6. The maximum atomic E-state index is 12.7. The Labute approximate surface area is 209 Å². The number of benzene rings is 2. The van der Waals surface area contributed by atoms with Crippen molar-refractivity contribution < 1.29 is 17.9 Å². The van der Waals surface area contributed by atoms with E-state index in [0.29, 0.717) is 29.5 Å². The maximum absolute atomic E-state index is 12.7. The van der Waals surface area contributed by atoms with Gasteiger partial charge in [-0.05, 0) is 63.9 Å². The molecule has 5 rings (SSSR count). The van der Waals surface area contributed by atoms with Gasteiger partial charge in [0.05, 0.1) is 22.1 Å². The number of rotatable bonds is 4. The molecule has 0 spiro atoms. The van der Waals surface area contributed by atoms with Crippen LogP contribution in [0.1, 0.15) is 45.5 Å². The molecule has 1 aliphatic rings. The van der Waals surface area contributed by atoms with Crippen LogP contribution in [0.4, 0.5) is 4.79 Å². The molecule has 4 aromatic rings. The van der Waals surface area contributed by atoms with Gasteiger partial charge in [-0.3, -0.25) is 15.1 Å². The number of likely N-dealkylation sites (tertiary alicyclic amines) is 1. The summed E-state index contributed by atoms with van der Waals surface area (Å²) in [6, 6.07) is 12.2. The number of amides is 1. The number of carbonyl (C=O) groups is 1. The summed E-state index contributed by atoms with van der Waals surface area (Å²) in [6.07, 6.45) is 2.46. The SMILES string of the molecule is CC(C)(C)OC(=O)N1CCCC1c1nc(-c2ccc3[nH]nc(-c4cccc(S(C)(=O)=O)c4)c3c2)n[nH]1. The zero-order chi connectivity index (χ0) is 25.7. The lowest BCUT2D eigenvalue weighted by Gasteiger charge is -2.27. The molecular formula is C25H28N6O4S. The number of carbonyl (C=O) groups excluding carboxylic acids is 1. The van der Waals surface area contributed by atoms with Crippen molar-refractivity contribution in [2.45, 2.75) is 50.2 Å². The van der Waals surface area contributed by atoms with Crippen LogP contribution in [0.15, 0.2) is 47.4 Å². The molecule has 188 valence electrons. The lowest BCUT2D eigenvalue weighted by molar-refractivity contribution is 0.0218. The van der Waals surface area contributed by atoms with Gasteiger partial charge in [-0.15, -0.1) is 0 Å². The molecule has 10 nitrogen and oxygen atoms in total. The van der Waals surface area contributed by atoms with Crippen molar-refractivity contribution in [1.29, 1.82) is 0 Å². The van der Waals surface area contributed by atoms with E-state index in [-0.39, 0.29) is 17.0 Å². The summed E-state index contributed by atoms with van der Waals surface area (Å²) in [5.41, 5.74) is 2.33. The minimum Gasteiger partial charge on any atom is -0.444 e. The van der Waals surface area contributed by atoms with Crippen molar-refractivity contribution in [1.82, 2.24) is 30.3 Å². The van der Waals surface area contributed by atoms with Gasteiger partial charge in [0.2, 0.25) is 0 Å². The van der Waals surface area contributed by atoms with E-state index in [4.69, 9.17) is 9.72 Å². The molecule has 11 heteroatoms. The fourth-order valence-electron chi connectivity index (χ4n) is 4.39. The molecule has 0 bridgehead atoms. The van der Waals surface area contributed by atoms with Crippen LogP contribution in [-0.2, 0) is 14.6 Å². The number of hydrogen-bond acceptors (Lipinski definition) is 7. The van der Waals surface area contributed by atoms with Gasteiger partial charge >= 0.3 is 6.09 Å². The summed E-state index contributed by atoms with van der Waals surface area (Å²) in [5.74, 6) is 1.11. The van der Waals surface area contributed by atoms with Crippen molar-refractivity contribution in [2.75, 3.05) is 12.8 Å². The third kappa shape index (κ3) is 4.70. The Morgan fingerprint density at radius 1 is 1.08 bits per heavy atom. The highest BCUT2D eigenvalue weighted by molar-refractivity contribution is 7.90. The van der Waals surface area contributed by atoms with Gasteiger partial charge < -0.3 is 4.74 Å². The van der Waals surface area contributed by atoms with Crippen LogP contribution in [0.5, 0.6) is 0 Å². The smallest absolute Gasteiger partial charge is 0.410 e. The lowest BCUT2D eigenvalue weighted by Crippen LogP contribution is -2.36. The van der Waals surface area contributed by atoms with Gasteiger partial charge in [0.1, 0.15) is 11.4 Å². The zero-order valence-corrected chi connectivity index (χ0v) is 21.4. The average Bonchev–Trinajstić information content (AvgIpc) is 3.55. The molecule has 0 saturated carbocycles. The normalized spacial score (nSPS) is 16.6. The Bertz CT molecular complexity index is 1550. The Balaban J connectivity index is 1.46. The molecule has 36 heavy (non-hydrogen) atoms. The number of nitrogens with zero attached hydrogens (tertiary/aromatic N) is 4. The van der Waals surface area contributed by atoms with E-state index in [9.17, 15) is 13.2 Å². The Hall–Kier alpha value is -3.73. The molecule has 2 aromatic carbocycles. The molecule has 0 aliphatic carbocycles. The standard InChI is InChI=1S/C25H28N6O4S/c1-25(2,3)35-24(32)31-12-6-9-20(31)23-26-22(29-30-23)16-10-11-19-18(14-16)21(28-27-19)15-7-5-8-17(13-15)36(4,33)34/h5,7-8,10-11,13-14,20H,6,9,12H2,1-4H3,(H,27,28)(H,26,29,30). The summed E-state index contributed by atoms with van der Waals surface area (Å²) >= 11 is 0. The fraction of sp³-hybridized carbons (Fsp3) is 0.360. The van der Waals surface area contributed by atoms with Gasteiger partial charge in [-0.2, -0.15) is 10.2 Å². The quantitative estimate of drug-likeness (QED) is 0.415. The first-order valence-corrected chi connectivity index (χ1v) is 13.6. The molecule has 2 aromatic heterocycles. The molecule has 1 saturated heterocycles. The summed E-state index contributed by atoms with van der Waals surface area (Å²) in [5, 5.41) is 15.7. The van der Waals surface area contributed by atoms with Gasteiger partial charge in [0.15, 0.2) is 15.7 Å². The Morgan fingerprint density at radius 2 is 1.89 bits per heavy atom. The Kier molecular flexibility index (Phi) is 5.82. The van der Waals surface area contributed by atoms with Crippen LogP contribution in [0.3, 0.4) is 0 Å². The van der Waals surface area contributed by atoms with E-state index >= 15 is 0 Å². The van der Waals surface area contributed by atoms with E-state index in [1.54, 1.807) is 23.1 Å². The Morgan fingerprint density at radius 3 is 2.64 bits per heavy atom. The third-order valence-electron chi connectivity index (χ3n) is 6.06. The van der Waals surface area contributed by atoms with Crippen LogP contribution in [0.25, 0.3) is 33.5 Å². The number of nitrogens with one attached hydrogen (secondary N) is 2. The van der Waals surface area contributed by atoms with Crippen molar-refractivity contribution in [3.8, 4) is 22.6 Å². The topological polar surface area (TPSA) is 134 Å². The molecule has 1 atom stereocenters. The molecular weight excluding hydrogens is 480 g/mol. The van der Waals surface area contributed by atoms with E-state index in [1.165, 1.54) is 6.26 Å². The van der Waals surface area contributed by atoms with Crippen LogP contribution in [-0.4, -0.2) is 63.2 Å². The second kappa shape index (κ2) is 8.74. The second-order valence-corrected chi connectivity index (χ2v) is 12.0. The van der Waals surface area contributed by atoms with Gasteiger partial charge in [0.25, 0.3) is 0 Å². The van der Waals surface area contributed by atoms with Crippen LogP contribution < -0.4 is 0 Å². The van der Waals surface area contributed by atoms with Crippen LogP contribution >= 0.6 is 0 Å². The highest BCUT2D eigenvalue weighted by atomic mass is 32.2. The van der Waals surface area contributed by atoms with Gasteiger partial charge in [0, 0.05) is 29.3 Å². The maximum Gasteiger partial charge on any atom is 0.410 e. The summed E-state index contributed by atoms with van der Waals surface area (Å²) in [7, 11) is -3.35. The van der Waals surface area contributed by atoms with Crippen LogP contribution in [0.2, 0.25) is 0 Å². The lowest BCUT2D eigenvalue weighted by atomic mass is 10.1. The predicted octanol–water partition coefficient (Wildman–Crippen LogP) is 4.49. The highest BCUT2D eigenvalue weighted by Crippen LogP contribution is 2.34. The first-order valence-electron chi connectivity index (χ1n) is 11.7. The minimum atomic E-state index is -3.35. The molecule has 1 fully saturated rings. The molecule has 3 heterocycles. The van der Waals surface area contributed by atoms with Crippen molar-refractivity contribution in [2.24, 2.45) is 0 Å². The first kappa shape index (κ1) is 24.0. The van der Waals surface area contributed by atoms with E-state index in [2.05, 4.69) is 20.4 Å². The van der Waals surface area contributed by atoms with Crippen molar-refractivity contribution >= 4 is 26.8 Å². The summed E-state index contributed by atoms with van der Waals surface area (Å²) in [6.45, 7) is 6.15. The number of sulfone groups is 1. The molecule has 1 unspecified atom stereocenters. The van der Waals surface area contributed by atoms with E-state index < -0.39 is 15.4 Å². The number of aromatic amines is 2. The highest BCUT2D eigenvalue weighted by Gasteiger charge is 2.35. The van der Waals surface area contributed by atoms with Crippen molar-refractivity contribution in [3.63, 3.8) is 0 Å². The number of H-pyrrole nitrogens is 2. The first-order chi connectivity index (χ1) is 17.0. The van der Waals surface area contributed by atoms with E-state index in [0.717, 1.165) is 29.3 Å². The monoisotopic (exact) mass is 508 g/mol. The number of hydrogen-bond donors (Lipinski definition) is 2. The van der Waals surface area contributed by atoms with Crippen molar-refractivity contribution in [3.05, 3.63) is 48.3 Å². The average molecular weight is 509 g/mol. The third-order valence-corrected chi connectivity index (χ3v) is 7.17. The fourth-order valence-corrected chi connectivity index (χ4v) is 5.06. The number of ether oxygens (including phenoxy) is 1. The summed E-state index contributed by atoms with van der Waals surface area (Å²) in [4.78, 5) is 19.3. The van der Waals surface area contributed by atoms with Gasteiger partial charge in [-0.1, -0.05) is 12.1 Å². The van der Waals surface area contributed by atoms with Crippen LogP contribution in [0, 0.1) is 0 Å². The minimum absolute atomic E-state index is 0.229. The molecule has 1 amide bonds.